The third-order valence-electron chi connectivity index (χ3n) is 12.4. The zero-order chi connectivity index (χ0) is 43.2. The minimum atomic E-state index is -0.413. The highest BCUT2D eigenvalue weighted by molar-refractivity contribution is 6.33. The Balaban J connectivity index is 0.000000186. The molecule has 328 valence electrons. The number of rotatable bonds is 13. The van der Waals surface area contributed by atoms with Crippen LogP contribution >= 0.6 is 23.2 Å². The first kappa shape index (κ1) is 45.2. The maximum Gasteiger partial charge on any atom is 0.126 e. The predicted molar refractivity (Wildman–Crippen MR) is 244 cm³/mol. The van der Waals surface area contributed by atoms with Crippen molar-refractivity contribution in [1.82, 2.24) is 19.9 Å². The molecule has 1 saturated carbocycles. The average molecular weight is 883 g/mol. The monoisotopic (exact) mass is 881 g/mol. The number of anilines is 4. The van der Waals surface area contributed by atoms with Gasteiger partial charge in [-0.25, -0.2) is 19.9 Å². The van der Waals surface area contributed by atoms with Crippen molar-refractivity contribution < 1.29 is 14.2 Å². The van der Waals surface area contributed by atoms with Gasteiger partial charge < -0.3 is 41.2 Å². The molecule has 14 nitrogen and oxygen atoms in total. The maximum atomic E-state index is 9.66. The van der Waals surface area contributed by atoms with Gasteiger partial charge in [-0.3, -0.25) is 0 Å². The number of hydrogen-bond donors (Lipinski definition) is 5. The SMILES string of the molecule is N#CC1(CNc2cccc(-c3cc(NC4CCC(N)CC4)ncc3Cl)n2)CCOCC1.N#CC1(CNc2cccc(-c3cc(NCC4CCOCC4)ncc3Cl)n2)CCOCC1. The Morgan fingerprint density at radius 1 is 0.629 bits per heavy atom. The highest BCUT2D eigenvalue weighted by Crippen LogP contribution is 2.34. The van der Waals surface area contributed by atoms with Crippen LogP contribution in [0.1, 0.15) is 64.2 Å². The van der Waals surface area contributed by atoms with Gasteiger partial charge >= 0.3 is 0 Å². The van der Waals surface area contributed by atoms with E-state index >= 15 is 0 Å². The topological polar surface area (TPSA) is 201 Å². The lowest BCUT2D eigenvalue weighted by molar-refractivity contribution is 0.0454. The van der Waals surface area contributed by atoms with Gasteiger partial charge in [-0.2, -0.15) is 10.5 Å². The maximum absolute atomic E-state index is 9.66. The standard InChI is InChI=1S/C23H29ClN6O.C23H28ClN5O2/c24-19-13-27-22(29-17-6-4-16(26)5-7-17)12-18(19)20-2-1-3-21(30-20)28-15-23(14-25)8-10-31-11-9-23;24-19-14-27-22(26-13-17-4-8-30-9-5-17)12-18(19)20-2-1-3-21(29-20)28-16-23(15-25)6-10-31-11-7-23/h1-3,12-13,16-17H,4-11,15,26H2,(H,27,29)(H,28,30);1-3,12,14,17H,4-11,13,16H2,(H,26,27)(H,28,29). The number of halogens is 2. The van der Waals surface area contributed by atoms with Crippen molar-refractivity contribution in [2.24, 2.45) is 22.5 Å². The van der Waals surface area contributed by atoms with Crippen LogP contribution in [-0.2, 0) is 14.2 Å². The molecule has 4 aliphatic rings. The van der Waals surface area contributed by atoms with E-state index in [-0.39, 0.29) is 0 Å². The first-order valence-electron chi connectivity index (χ1n) is 21.8. The first-order valence-corrected chi connectivity index (χ1v) is 22.6. The number of nitrogens with zero attached hydrogens (tertiary/aromatic N) is 6. The van der Waals surface area contributed by atoms with Gasteiger partial charge in [0.25, 0.3) is 0 Å². The number of ether oxygens (including phenoxy) is 3. The summed E-state index contributed by atoms with van der Waals surface area (Å²) in [5.74, 6) is 3.63. The minimum absolute atomic E-state index is 0.313. The number of nitrogens with one attached hydrogen (secondary N) is 4. The number of nitriles is 2. The van der Waals surface area contributed by atoms with Gasteiger partial charge in [-0.05, 0) is 107 Å². The Morgan fingerprint density at radius 3 is 1.63 bits per heavy atom. The van der Waals surface area contributed by atoms with Crippen LogP contribution in [0.2, 0.25) is 10.0 Å². The third-order valence-corrected chi connectivity index (χ3v) is 13.0. The molecule has 8 rings (SSSR count). The lowest BCUT2D eigenvalue weighted by Crippen LogP contribution is -2.34. The van der Waals surface area contributed by atoms with Gasteiger partial charge in [0.2, 0.25) is 0 Å². The summed E-state index contributed by atoms with van der Waals surface area (Å²) in [7, 11) is 0. The highest BCUT2D eigenvalue weighted by Gasteiger charge is 2.34. The quantitative estimate of drug-likeness (QED) is 0.0855. The summed E-state index contributed by atoms with van der Waals surface area (Å²) in [6, 6.07) is 21.1. The van der Waals surface area contributed by atoms with Gasteiger partial charge in [0.1, 0.15) is 23.3 Å². The van der Waals surface area contributed by atoms with Gasteiger partial charge in [-0.1, -0.05) is 35.3 Å². The van der Waals surface area contributed by atoms with E-state index in [9.17, 15) is 10.5 Å². The molecule has 7 heterocycles. The summed E-state index contributed by atoms with van der Waals surface area (Å²) < 4.78 is 16.3. The lowest BCUT2D eigenvalue weighted by Gasteiger charge is -2.30. The number of nitrogens with two attached hydrogens (primary N) is 1. The Labute approximate surface area is 374 Å². The summed E-state index contributed by atoms with van der Waals surface area (Å²) in [6.45, 7) is 6.11. The summed E-state index contributed by atoms with van der Waals surface area (Å²) in [5.41, 5.74) is 8.39. The molecule has 0 atom stereocenters. The second-order valence-corrected chi connectivity index (χ2v) is 17.6. The van der Waals surface area contributed by atoms with Crippen LogP contribution in [0.4, 0.5) is 23.3 Å². The van der Waals surface area contributed by atoms with Crippen LogP contribution in [0, 0.1) is 39.4 Å². The Kier molecular flexibility index (Phi) is 16.1. The van der Waals surface area contributed by atoms with Crippen LogP contribution < -0.4 is 27.0 Å². The highest BCUT2D eigenvalue weighted by atomic mass is 35.5. The molecule has 62 heavy (non-hydrogen) atoms. The van der Waals surface area contributed by atoms with Crippen molar-refractivity contribution in [2.45, 2.75) is 76.3 Å². The third kappa shape index (κ3) is 12.4. The van der Waals surface area contributed by atoms with E-state index in [4.69, 9.17) is 53.1 Å². The van der Waals surface area contributed by atoms with Crippen LogP contribution in [-0.4, -0.2) is 91.3 Å². The molecular weight excluding hydrogens is 825 g/mol. The molecule has 0 bridgehead atoms. The minimum Gasteiger partial charge on any atom is -0.381 e. The van der Waals surface area contributed by atoms with Crippen molar-refractivity contribution in [1.29, 1.82) is 10.5 Å². The summed E-state index contributed by atoms with van der Waals surface area (Å²) >= 11 is 12.9. The number of aromatic nitrogens is 4. The van der Waals surface area contributed by atoms with Crippen LogP contribution in [0.5, 0.6) is 0 Å². The van der Waals surface area contributed by atoms with Crippen LogP contribution in [0.15, 0.2) is 60.9 Å². The van der Waals surface area contributed by atoms with Crippen molar-refractivity contribution in [3.05, 3.63) is 71.0 Å². The summed E-state index contributed by atoms with van der Waals surface area (Å²) in [6.07, 6.45) is 12.5. The molecule has 3 saturated heterocycles. The molecule has 0 amide bonds. The van der Waals surface area contributed by atoms with Crippen molar-refractivity contribution in [2.75, 3.05) is 80.5 Å². The molecule has 4 aromatic rings. The molecule has 0 unspecified atom stereocenters. The van der Waals surface area contributed by atoms with E-state index < -0.39 is 10.8 Å². The fourth-order valence-electron chi connectivity index (χ4n) is 8.18. The normalized spacial score (nSPS) is 20.9. The number of hydrogen-bond acceptors (Lipinski definition) is 14. The lowest BCUT2D eigenvalue weighted by atomic mass is 9.82. The molecule has 4 aromatic heterocycles. The smallest absolute Gasteiger partial charge is 0.126 e. The largest absolute Gasteiger partial charge is 0.381 e. The molecule has 16 heteroatoms. The fraction of sp³-hybridized carbons (Fsp3) is 0.522. The van der Waals surface area contributed by atoms with Gasteiger partial charge in [0, 0.05) is 94.9 Å². The molecule has 0 radical (unpaired) electrons. The van der Waals surface area contributed by atoms with E-state index in [1.807, 2.05) is 48.5 Å². The molecule has 4 fully saturated rings. The fourth-order valence-corrected chi connectivity index (χ4v) is 8.58. The van der Waals surface area contributed by atoms with Crippen LogP contribution in [0.25, 0.3) is 22.5 Å². The Morgan fingerprint density at radius 2 is 1.11 bits per heavy atom. The molecule has 1 aliphatic carbocycles. The molecule has 6 N–H and O–H groups in total. The van der Waals surface area contributed by atoms with Crippen molar-refractivity contribution >= 4 is 46.5 Å². The van der Waals surface area contributed by atoms with Crippen LogP contribution in [0.3, 0.4) is 0 Å². The van der Waals surface area contributed by atoms with Crippen molar-refractivity contribution in [3.63, 3.8) is 0 Å². The van der Waals surface area contributed by atoms with E-state index in [2.05, 4.69) is 43.4 Å². The van der Waals surface area contributed by atoms with Gasteiger partial charge in [0.05, 0.1) is 44.4 Å². The summed E-state index contributed by atoms with van der Waals surface area (Å²) in [4.78, 5) is 18.4. The second-order valence-electron chi connectivity index (χ2n) is 16.8. The average Bonchev–Trinajstić information content (AvgIpc) is 3.32. The number of pyridine rings is 4. The first-order chi connectivity index (χ1) is 30.2. The molecule has 0 spiro atoms. The summed E-state index contributed by atoms with van der Waals surface area (Å²) in [5, 5.41) is 34.1. The van der Waals surface area contributed by atoms with E-state index in [1.54, 1.807) is 12.4 Å². The van der Waals surface area contributed by atoms with E-state index in [0.717, 1.165) is 130 Å². The predicted octanol–water partition coefficient (Wildman–Crippen LogP) is 8.58. The Bertz CT molecular complexity index is 2160. The van der Waals surface area contributed by atoms with E-state index in [0.29, 0.717) is 67.6 Å². The second kappa shape index (κ2) is 22.0. The van der Waals surface area contributed by atoms with E-state index in [1.165, 1.54) is 0 Å². The molecule has 0 aromatic carbocycles. The zero-order valence-corrected chi connectivity index (χ0v) is 36.7. The zero-order valence-electron chi connectivity index (χ0n) is 35.2. The van der Waals surface area contributed by atoms with Crippen molar-refractivity contribution in [3.8, 4) is 34.7 Å². The van der Waals surface area contributed by atoms with Gasteiger partial charge in [-0.15, -0.1) is 0 Å². The molecule has 3 aliphatic heterocycles. The molecular formula is C46H57Cl2N11O3. The van der Waals surface area contributed by atoms with Gasteiger partial charge in [0.15, 0.2) is 0 Å². The Hall–Kier alpha value is -4.80.